The molecule has 0 bridgehead atoms. The molecule has 4 rings (SSSR count). The van der Waals surface area contributed by atoms with Gasteiger partial charge < -0.3 is 9.84 Å². The summed E-state index contributed by atoms with van der Waals surface area (Å²) in [5.74, 6) is 0.389. The quantitative estimate of drug-likeness (QED) is 0.599. The number of allylic oxidation sites excluding steroid dienone is 1. The number of rotatable bonds is 6. The standard InChI is InChI=1S/C26H27NO2/c28-25(20-10-3-1-4-11-20)23-18-22(14-9-16-24-15-7-8-17-27-24)26(29-19-23)21-12-5-2-6-13-21/h1-13,15-17,22-23,25-26,28H,14,18-19H2/b16-9+/t22-,23+,25-,26+/m0/s1. The van der Waals surface area contributed by atoms with Gasteiger partial charge in [0.05, 0.1) is 24.5 Å². The second kappa shape index (κ2) is 9.64. The molecule has 0 aliphatic carbocycles. The molecule has 3 nitrogen and oxygen atoms in total. The van der Waals surface area contributed by atoms with Gasteiger partial charge in [0.1, 0.15) is 0 Å². The van der Waals surface area contributed by atoms with E-state index in [-0.39, 0.29) is 12.0 Å². The van der Waals surface area contributed by atoms with E-state index in [4.69, 9.17) is 4.74 Å². The van der Waals surface area contributed by atoms with Crippen LogP contribution in [-0.2, 0) is 4.74 Å². The van der Waals surface area contributed by atoms with Crippen LogP contribution in [0.2, 0.25) is 0 Å². The van der Waals surface area contributed by atoms with E-state index in [0.717, 1.165) is 24.1 Å². The first-order chi connectivity index (χ1) is 14.3. The van der Waals surface area contributed by atoms with Crippen molar-refractivity contribution in [2.45, 2.75) is 25.0 Å². The van der Waals surface area contributed by atoms with Gasteiger partial charge in [-0.2, -0.15) is 0 Å². The van der Waals surface area contributed by atoms with Crippen LogP contribution in [0.15, 0.2) is 91.1 Å². The summed E-state index contributed by atoms with van der Waals surface area (Å²) >= 11 is 0. The van der Waals surface area contributed by atoms with E-state index in [1.807, 2.05) is 60.8 Å². The van der Waals surface area contributed by atoms with Crippen LogP contribution in [0.4, 0.5) is 0 Å². The summed E-state index contributed by atoms with van der Waals surface area (Å²) in [5, 5.41) is 10.9. The third-order valence-electron chi connectivity index (χ3n) is 5.65. The minimum Gasteiger partial charge on any atom is -0.388 e. The number of nitrogens with zero attached hydrogens (tertiary/aromatic N) is 1. The first-order valence-corrected chi connectivity index (χ1v) is 10.3. The van der Waals surface area contributed by atoms with Gasteiger partial charge in [-0.15, -0.1) is 0 Å². The zero-order chi connectivity index (χ0) is 19.9. The Morgan fingerprint density at radius 1 is 0.966 bits per heavy atom. The molecule has 1 N–H and O–H groups in total. The van der Waals surface area contributed by atoms with Crippen molar-refractivity contribution in [3.8, 4) is 0 Å². The maximum Gasteiger partial charge on any atom is 0.0856 e. The molecule has 0 saturated carbocycles. The Bertz CT molecular complexity index is 896. The maximum absolute atomic E-state index is 10.9. The fourth-order valence-electron chi connectivity index (χ4n) is 4.16. The normalized spacial score (nSPS) is 23.1. The number of benzene rings is 2. The maximum atomic E-state index is 10.9. The molecule has 29 heavy (non-hydrogen) atoms. The molecule has 1 aliphatic heterocycles. The molecule has 1 aromatic heterocycles. The molecule has 1 saturated heterocycles. The molecule has 2 heterocycles. The summed E-state index contributed by atoms with van der Waals surface area (Å²) in [6.45, 7) is 0.566. The summed E-state index contributed by atoms with van der Waals surface area (Å²) in [6.07, 6.45) is 7.40. The highest BCUT2D eigenvalue weighted by Gasteiger charge is 2.35. The number of pyridine rings is 1. The largest absolute Gasteiger partial charge is 0.388 e. The average Bonchev–Trinajstić information content (AvgIpc) is 2.80. The second-order valence-electron chi connectivity index (χ2n) is 7.67. The summed E-state index contributed by atoms with van der Waals surface area (Å²) in [7, 11) is 0. The summed E-state index contributed by atoms with van der Waals surface area (Å²) < 4.78 is 6.33. The minimum absolute atomic E-state index is 0.0452. The fourth-order valence-corrected chi connectivity index (χ4v) is 4.16. The molecule has 1 aliphatic rings. The van der Waals surface area contributed by atoms with Crippen LogP contribution >= 0.6 is 0 Å². The Labute approximate surface area is 172 Å². The molecule has 0 radical (unpaired) electrons. The molecule has 3 aromatic rings. The Morgan fingerprint density at radius 2 is 1.69 bits per heavy atom. The third kappa shape index (κ3) is 5.00. The van der Waals surface area contributed by atoms with Crippen molar-refractivity contribution in [3.63, 3.8) is 0 Å². The van der Waals surface area contributed by atoms with Crippen molar-refractivity contribution in [2.75, 3.05) is 6.61 Å². The molecule has 3 heteroatoms. The van der Waals surface area contributed by atoms with E-state index in [0.29, 0.717) is 12.5 Å². The van der Waals surface area contributed by atoms with Gasteiger partial charge in [-0.3, -0.25) is 4.98 Å². The van der Waals surface area contributed by atoms with E-state index in [9.17, 15) is 5.11 Å². The van der Waals surface area contributed by atoms with Gasteiger partial charge in [0.2, 0.25) is 0 Å². The predicted molar refractivity (Wildman–Crippen MR) is 116 cm³/mol. The highest BCUT2D eigenvalue weighted by Crippen LogP contribution is 2.42. The van der Waals surface area contributed by atoms with Crippen LogP contribution in [0.5, 0.6) is 0 Å². The van der Waals surface area contributed by atoms with Gasteiger partial charge in [-0.05, 0) is 48.1 Å². The van der Waals surface area contributed by atoms with E-state index in [1.165, 1.54) is 5.56 Å². The zero-order valence-electron chi connectivity index (χ0n) is 16.5. The Kier molecular flexibility index (Phi) is 6.50. The lowest BCUT2D eigenvalue weighted by Crippen LogP contribution is -2.32. The molecule has 0 unspecified atom stereocenters. The SMILES string of the molecule is O[C@@H](c1ccccc1)[C@H]1CO[C@H](c2ccccc2)[C@@H](C/C=C/c2ccccn2)C1. The second-order valence-corrected chi connectivity index (χ2v) is 7.67. The van der Waals surface area contributed by atoms with Crippen LogP contribution in [0.25, 0.3) is 6.08 Å². The van der Waals surface area contributed by atoms with Gasteiger partial charge >= 0.3 is 0 Å². The first-order valence-electron chi connectivity index (χ1n) is 10.3. The molecule has 0 spiro atoms. The number of ether oxygens (including phenoxy) is 1. The van der Waals surface area contributed by atoms with E-state index < -0.39 is 6.10 Å². The van der Waals surface area contributed by atoms with Gasteiger partial charge in [0.15, 0.2) is 0 Å². The number of hydrogen-bond acceptors (Lipinski definition) is 3. The molecule has 148 valence electrons. The lowest BCUT2D eigenvalue weighted by molar-refractivity contribution is -0.0900. The highest BCUT2D eigenvalue weighted by atomic mass is 16.5. The molecule has 2 aromatic carbocycles. The van der Waals surface area contributed by atoms with Crippen LogP contribution in [0, 0.1) is 11.8 Å². The first kappa shape index (κ1) is 19.6. The van der Waals surface area contributed by atoms with Crippen molar-refractivity contribution >= 4 is 6.08 Å². The molecule has 0 amide bonds. The number of aliphatic hydroxyl groups excluding tert-OH is 1. The van der Waals surface area contributed by atoms with Gasteiger partial charge in [0.25, 0.3) is 0 Å². The zero-order valence-corrected chi connectivity index (χ0v) is 16.5. The monoisotopic (exact) mass is 385 g/mol. The molecular formula is C26H27NO2. The fraction of sp³-hybridized carbons (Fsp3) is 0.269. The number of hydrogen-bond donors (Lipinski definition) is 1. The lowest BCUT2D eigenvalue weighted by atomic mass is 9.79. The Morgan fingerprint density at radius 3 is 2.41 bits per heavy atom. The summed E-state index contributed by atoms with van der Waals surface area (Å²) in [5.41, 5.74) is 3.12. The van der Waals surface area contributed by atoms with Crippen LogP contribution in [0.1, 0.15) is 41.9 Å². The van der Waals surface area contributed by atoms with Crippen molar-refractivity contribution in [1.29, 1.82) is 0 Å². The van der Waals surface area contributed by atoms with Crippen molar-refractivity contribution in [3.05, 3.63) is 108 Å². The Hall–Kier alpha value is -2.75. The average molecular weight is 386 g/mol. The highest BCUT2D eigenvalue weighted by molar-refractivity contribution is 5.43. The Balaban J connectivity index is 1.51. The van der Waals surface area contributed by atoms with Gasteiger partial charge in [0, 0.05) is 12.1 Å². The van der Waals surface area contributed by atoms with Crippen LogP contribution in [-0.4, -0.2) is 16.7 Å². The summed E-state index contributed by atoms with van der Waals surface area (Å²) in [4.78, 5) is 4.36. The minimum atomic E-state index is -0.504. The topological polar surface area (TPSA) is 42.4 Å². The molecule has 1 fully saturated rings. The van der Waals surface area contributed by atoms with Gasteiger partial charge in [-0.25, -0.2) is 0 Å². The van der Waals surface area contributed by atoms with E-state index in [1.54, 1.807) is 0 Å². The third-order valence-corrected chi connectivity index (χ3v) is 5.65. The predicted octanol–water partition coefficient (Wildman–Crippen LogP) is 5.61. The molecule has 4 atom stereocenters. The van der Waals surface area contributed by atoms with E-state index >= 15 is 0 Å². The van der Waals surface area contributed by atoms with Crippen LogP contribution < -0.4 is 0 Å². The van der Waals surface area contributed by atoms with Gasteiger partial charge in [-0.1, -0.05) is 72.8 Å². The van der Waals surface area contributed by atoms with Crippen LogP contribution in [0.3, 0.4) is 0 Å². The smallest absolute Gasteiger partial charge is 0.0856 e. The lowest BCUT2D eigenvalue weighted by Gasteiger charge is -2.38. The van der Waals surface area contributed by atoms with E-state index in [2.05, 4.69) is 41.4 Å². The molecular weight excluding hydrogens is 358 g/mol. The number of aromatic nitrogens is 1. The van der Waals surface area contributed by atoms with Crippen molar-refractivity contribution < 1.29 is 9.84 Å². The number of aliphatic hydroxyl groups is 1. The van der Waals surface area contributed by atoms with Crippen molar-refractivity contribution in [2.24, 2.45) is 11.8 Å². The summed E-state index contributed by atoms with van der Waals surface area (Å²) in [6, 6.07) is 26.2. The van der Waals surface area contributed by atoms with Crippen molar-refractivity contribution in [1.82, 2.24) is 4.98 Å².